The molecule has 0 spiro atoms. The molecule has 0 aromatic carbocycles. The van der Waals surface area contributed by atoms with Gasteiger partial charge in [-0.1, -0.05) is 0 Å². The van der Waals surface area contributed by atoms with Crippen molar-refractivity contribution in [2.45, 2.75) is 12.3 Å². The first-order valence-corrected chi connectivity index (χ1v) is 4.23. The topological polar surface area (TPSA) is 43.4 Å². The van der Waals surface area contributed by atoms with E-state index in [0.717, 1.165) is 0 Å². The average Bonchev–Trinajstić information content (AvgIpc) is 1.85. The zero-order valence-corrected chi connectivity index (χ0v) is 6.75. The van der Waals surface area contributed by atoms with Gasteiger partial charge in [0.1, 0.15) is 5.75 Å². The van der Waals surface area contributed by atoms with Gasteiger partial charge in [-0.25, -0.2) is 8.78 Å². The average molecular weight is 210 g/mol. The fraction of sp³-hybridized carbons (Fsp3) is 1.00. The molecular formula is C4H6F4O3S. The summed E-state index contributed by atoms with van der Waals surface area (Å²) < 4.78 is 71.0. The van der Waals surface area contributed by atoms with Crippen LogP contribution in [0.15, 0.2) is 0 Å². The first-order chi connectivity index (χ1) is 5.21. The molecule has 0 saturated carbocycles. The van der Waals surface area contributed by atoms with Crippen molar-refractivity contribution in [2.24, 2.45) is 0 Å². The fourth-order valence-corrected chi connectivity index (χ4v) is 1.07. The smallest absolute Gasteiger partial charge is 0.273 e. The molecule has 0 unspecified atom stereocenters. The van der Waals surface area contributed by atoms with E-state index in [4.69, 9.17) is 0 Å². The van der Waals surface area contributed by atoms with Crippen molar-refractivity contribution < 1.29 is 30.2 Å². The number of halogens is 4. The molecule has 3 nitrogen and oxygen atoms in total. The maximum Gasteiger partial charge on any atom is 0.323 e. The minimum atomic E-state index is -4.56. The standard InChI is InChI=1S/C4H6F4O3S/c1-11-12(9,10)2-4(7,8)3(5)6/h3H,2H2,1H3. The van der Waals surface area contributed by atoms with E-state index in [1.807, 2.05) is 0 Å². The number of rotatable bonds is 4. The summed E-state index contributed by atoms with van der Waals surface area (Å²) in [5, 5.41) is 0. The summed E-state index contributed by atoms with van der Waals surface area (Å²) in [4.78, 5) is 0. The highest BCUT2D eigenvalue weighted by molar-refractivity contribution is 7.86. The highest BCUT2D eigenvalue weighted by Gasteiger charge is 2.45. The lowest BCUT2D eigenvalue weighted by molar-refractivity contribution is -0.111. The van der Waals surface area contributed by atoms with Crippen molar-refractivity contribution in [1.82, 2.24) is 0 Å². The summed E-state index contributed by atoms with van der Waals surface area (Å²) in [7, 11) is -3.93. The molecule has 0 atom stereocenters. The van der Waals surface area contributed by atoms with E-state index < -0.39 is 28.2 Å². The molecule has 0 saturated heterocycles. The van der Waals surface area contributed by atoms with E-state index in [9.17, 15) is 26.0 Å². The van der Waals surface area contributed by atoms with Gasteiger partial charge in [0.2, 0.25) is 0 Å². The first-order valence-electron chi connectivity index (χ1n) is 2.65. The third-order valence-corrected chi connectivity index (χ3v) is 2.19. The largest absolute Gasteiger partial charge is 0.323 e. The molecule has 0 aliphatic carbocycles. The summed E-state index contributed by atoms with van der Waals surface area (Å²) in [5.74, 6) is -6.57. The zero-order valence-electron chi connectivity index (χ0n) is 5.93. The lowest BCUT2D eigenvalue weighted by atomic mass is 10.4. The van der Waals surface area contributed by atoms with Crippen LogP contribution in [0.1, 0.15) is 0 Å². The van der Waals surface area contributed by atoms with E-state index in [1.165, 1.54) is 0 Å². The quantitative estimate of drug-likeness (QED) is 0.510. The summed E-state index contributed by atoms with van der Waals surface area (Å²) in [6.07, 6.45) is -4.01. The van der Waals surface area contributed by atoms with Crippen LogP contribution in [0.3, 0.4) is 0 Å². The van der Waals surface area contributed by atoms with Crippen LogP contribution in [0.5, 0.6) is 0 Å². The predicted octanol–water partition coefficient (Wildman–Crippen LogP) is 0.863. The van der Waals surface area contributed by atoms with E-state index in [0.29, 0.717) is 7.11 Å². The maximum atomic E-state index is 12.0. The zero-order chi connectivity index (χ0) is 9.99. The summed E-state index contributed by atoms with van der Waals surface area (Å²) >= 11 is 0. The second-order valence-electron chi connectivity index (χ2n) is 1.93. The molecule has 12 heavy (non-hydrogen) atoms. The Morgan fingerprint density at radius 1 is 1.42 bits per heavy atom. The molecule has 0 aliphatic heterocycles. The van der Waals surface area contributed by atoms with Gasteiger partial charge >= 0.3 is 12.3 Å². The van der Waals surface area contributed by atoms with E-state index in [2.05, 4.69) is 4.18 Å². The van der Waals surface area contributed by atoms with E-state index >= 15 is 0 Å². The van der Waals surface area contributed by atoms with Gasteiger partial charge in [-0.3, -0.25) is 4.18 Å². The Morgan fingerprint density at radius 2 is 1.83 bits per heavy atom. The highest BCUT2D eigenvalue weighted by Crippen LogP contribution is 2.24. The number of hydrogen-bond donors (Lipinski definition) is 0. The van der Waals surface area contributed by atoms with Gasteiger partial charge in [0.25, 0.3) is 10.1 Å². The predicted molar refractivity (Wildman–Crippen MR) is 31.7 cm³/mol. The molecule has 0 rings (SSSR count). The van der Waals surface area contributed by atoms with Crippen molar-refractivity contribution in [1.29, 1.82) is 0 Å². The van der Waals surface area contributed by atoms with Gasteiger partial charge in [0, 0.05) is 0 Å². The van der Waals surface area contributed by atoms with Gasteiger partial charge in [0.15, 0.2) is 0 Å². The molecule has 0 aromatic rings. The molecule has 0 aliphatic rings. The Morgan fingerprint density at radius 3 is 2.08 bits per heavy atom. The first kappa shape index (κ1) is 11.6. The maximum absolute atomic E-state index is 12.0. The van der Waals surface area contributed by atoms with Crippen molar-refractivity contribution in [3.63, 3.8) is 0 Å². The van der Waals surface area contributed by atoms with Crippen molar-refractivity contribution in [2.75, 3.05) is 12.9 Å². The summed E-state index contributed by atoms with van der Waals surface area (Å²) in [5.41, 5.74) is 0. The lowest BCUT2D eigenvalue weighted by Gasteiger charge is -2.13. The molecular weight excluding hydrogens is 204 g/mol. The minimum Gasteiger partial charge on any atom is -0.273 e. The SMILES string of the molecule is COS(=O)(=O)CC(F)(F)C(F)F. The van der Waals surface area contributed by atoms with Crippen molar-refractivity contribution in [3.8, 4) is 0 Å². The third kappa shape index (κ3) is 3.35. The highest BCUT2D eigenvalue weighted by atomic mass is 32.2. The van der Waals surface area contributed by atoms with Crippen LogP contribution in [-0.4, -0.2) is 33.6 Å². The lowest BCUT2D eigenvalue weighted by Crippen LogP contribution is -2.35. The Bertz CT molecular complexity index is 235. The van der Waals surface area contributed by atoms with Gasteiger partial charge in [0.05, 0.1) is 7.11 Å². The van der Waals surface area contributed by atoms with Crippen LogP contribution in [-0.2, 0) is 14.3 Å². The molecule has 0 N–H and O–H groups in total. The van der Waals surface area contributed by atoms with Crippen LogP contribution in [0.2, 0.25) is 0 Å². The van der Waals surface area contributed by atoms with Crippen LogP contribution >= 0.6 is 0 Å². The molecule has 0 fully saturated rings. The molecule has 0 radical (unpaired) electrons. The van der Waals surface area contributed by atoms with Crippen LogP contribution in [0.25, 0.3) is 0 Å². The third-order valence-electron chi connectivity index (χ3n) is 0.942. The Kier molecular flexibility index (Phi) is 3.45. The molecule has 0 heterocycles. The normalized spacial score (nSPS) is 13.8. The summed E-state index contributed by atoms with van der Waals surface area (Å²) in [6.45, 7) is 0. The fourth-order valence-electron chi connectivity index (χ4n) is 0.358. The van der Waals surface area contributed by atoms with Gasteiger partial charge in [-0.2, -0.15) is 17.2 Å². The molecule has 74 valence electrons. The van der Waals surface area contributed by atoms with E-state index in [1.54, 1.807) is 0 Å². The van der Waals surface area contributed by atoms with Crippen molar-refractivity contribution >= 4 is 10.1 Å². The number of alkyl halides is 4. The van der Waals surface area contributed by atoms with Crippen molar-refractivity contribution in [3.05, 3.63) is 0 Å². The Labute approximate surface area is 66.4 Å². The van der Waals surface area contributed by atoms with Crippen LogP contribution in [0, 0.1) is 0 Å². The van der Waals surface area contributed by atoms with Gasteiger partial charge in [-0.05, 0) is 0 Å². The molecule has 0 amide bonds. The minimum absolute atomic E-state index is 0.622. The van der Waals surface area contributed by atoms with Gasteiger partial charge < -0.3 is 0 Å². The second-order valence-corrected chi connectivity index (χ2v) is 3.67. The molecule has 0 bridgehead atoms. The Balaban J connectivity index is 4.46. The van der Waals surface area contributed by atoms with E-state index in [-0.39, 0.29) is 0 Å². The monoisotopic (exact) mass is 210 g/mol. The summed E-state index contributed by atoms with van der Waals surface area (Å²) in [6, 6.07) is 0. The molecule has 0 aromatic heterocycles. The Hall–Kier alpha value is -0.370. The molecule has 8 heteroatoms. The number of hydrogen-bond acceptors (Lipinski definition) is 3. The van der Waals surface area contributed by atoms with Crippen LogP contribution in [0.4, 0.5) is 17.6 Å². The van der Waals surface area contributed by atoms with Crippen LogP contribution < -0.4 is 0 Å². The second kappa shape index (κ2) is 3.56. The van der Waals surface area contributed by atoms with Gasteiger partial charge in [-0.15, -0.1) is 0 Å².